The number of unbranched alkanes of at least 4 members (excludes halogenated alkanes) is 1. The van der Waals surface area contributed by atoms with Crippen LogP contribution in [0.3, 0.4) is 0 Å². The molecule has 0 aromatic carbocycles. The van der Waals surface area contributed by atoms with E-state index < -0.39 is 10.0 Å². The van der Waals surface area contributed by atoms with Crippen LogP contribution < -0.4 is 5.32 Å². The first-order chi connectivity index (χ1) is 7.56. The zero-order chi connectivity index (χ0) is 11.8. The first kappa shape index (κ1) is 12.3. The van der Waals surface area contributed by atoms with E-state index in [1.807, 2.05) is 6.92 Å². The summed E-state index contributed by atoms with van der Waals surface area (Å²) >= 11 is 0. The number of rotatable bonds is 4. The molecular formula is C11H22N2O2S. The monoisotopic (exact) mass is 246 g/mol. The number of nitrogens with zero attached hydrogens (tertiary/aromatic N) is 1. The molecule has 5 heteroatoms. The molecule has 2 saturated heterocycles. The molecule has 3 unspecified atom stereocenters. The molecule has 2 aliphatic heterocycles. The van der Waals surface area contributed by atoms with E-state index in [-0.39, 0.29) is 6.04 Å². The van der Waals surface area contributed by atoms with Crippen molar-refractivity contribution in [2.45, 2.75) is 32.7 Å². The van der Waals surface area contributed by atoms with Gasteiger partial charge in [0.25, 0.3) is 0 Å². The highest BCUT2D eigenvalue weighted by molar-refractivity contribution is 7.89. The molecule has 0 amide bonds. The second kappa shape index (κ2) is 4.63. The van der Waals surface area contributed by atoms with E-state index in [0.717, 1.165) is 32.5 Å². The van der Waals surface area contributed by atoms with E-state index in [1.54, 1.807) is 4.31 Å². The van der Waals surface area contributed by atoms with Crippen LogP contribution in [0.25, 0.3) is 0 Å². The van der Waals surface area contributed by atoms with Gasteiger partial charge in [0.1, 0.15) is 0 Å². The molecule has 2 heterocycles. The summed E-state index contributed by atoms with van der Waals surface area (Å²) in [6.07, 6.45) is 1.72. The van der Waals surface area contributed by atoms with Crippen molar-refractivity contribution in [3.05, 3.63) is 0 Å². The lowest BCUT2D eigenvalue weighted by Crippen LogP contribution is -2.39. The van der Waals surface area contributed by atoms with Crippen molar-refractivity contribution in [2.75, 3.05) is 25.4 Å². The number of hydrogen-bond donors (Lipinski definition) is 1. The van der Waals surface area contributed by atoms with Gasteiger partial charge in [-0.05, 0) is 38.3 Å². The summed E-state index contributed by atoms with van der Waals surface area (Å²) in [7, 11) is -3.01. The quantitative estimate of drug-likeness (QED) is 0.792. The number of fused-ring (bicyclic) bond motifs is 1. The third-order valence-corrected chi connectivity index (χ3v) is 5.99. The molecule has 0 aromatic rings. The second-order valence-corrected chi connectivity index (χ2v) is 7.10. The van der Waals surface area contributed by atoms with Crippen molar-refractivity contribution in [3.63, 3.8) is 0 Å². The topological polar surface area (TPSA) is 49.4 Å². The molecule has 0 spiro atoms. The first-order valence-corrected chi connectivity index (χ1v) is 7.87. The lowest BCUT2D eigenvalue weighted by molar-refractivity contribution is 0.360. The van der Waals surface area contributed by atoms with E-state index in [9.17, 15) is 8.42 Å². The SMILES string of the molecule is CCCCS(=O)(=O)N1CC2CNCC2C1C. The van der Waals surface area contributed by atoms with Gasteiger partial charge in [-0.1, -0.05) is 13.3 Å². The molecule has 4 nitrogen and oxygen atoms in total. The highest BCUT2D eigenvalue weighted by Gasteiger charge is 2.45. The maximum absolute atomic E-state index is 12.1. The van der Waals surface area contributed by atoms with E-state index >= 15 is 0 Å². The Bertz CT molecular complexity index is 342. The maximum Gasteiger partial charge on any atom is 0.214 e. The van der Waals surface area contributed by atoms with Crippen molar-refractivity contribution >= 4 is 10.0 Å². The fraction of sp³-hybridized carbons (Fsp3) is 1.00. The molecule has 2 aliphatic rings. The molecule has 0 aliphatic carbocycles. The number of hydrogen-bond acceptors (Lipinski definition) is 3. The Morgan fingerprint density at radius 2 is 2.12 bits per heavy atom. The fourth-order valence-electron chi connectivity index (χ4n) is 2.94. The first-order valence-electron chi connectivity index (χ1n) is 6.26. The van der Waals surface area contributed by atoms with Crippen LogP contribution >= 0.6 is 0 Å². The van der Waals surface area contributed by atoms with E-state index in [2.05, 4.69) is 12.2 Å². The molecule has 2 fully saturated rings. The zero-order valence-corrected chi connectivity index (χ0v) is 11.0. The minimum Gasteiger partial charge on any atom is -0.316 e. The molecule has 94 valence electrons. The Morgan fingerprint density at radius 3 is 2.75 bits per heavy atom. The molecule has 3 atom stereocenters. The van der Waals surface area contributed by atoms with E-state index in [4.69, 9.17) is 0 Å². The molecule has 0 bridgehead atoms. The minimum absolute atomic E-state index is 0.182. The van der Waals surface area contributed by atoms with Gasteiger partial charge in [0.05, 0.1) is 5.75 Å². The molecule has 1 N–H and O–H groups in total. The summed E-state index contributed by atoms with van der Waals surface area (Å²) in [5.41, 5.74) is 0. The summed E-state index contributed by atoms with van der Waals surface area (Å²) in [5.74, 6) is 1.38. The van der Waals surface area contributed by atoms with Crippen molar-refractivity contribution in [3.8, 4) is 0 Å². The van der Waals surface area contributed by atoms with Gasteiger partial charge in [-0.25, -0.2) is 8.42 Å². The number of nitrogens with one attached hydrogen (secondary N) is 1. The lowest BCUT2D eigenvalue weighted by Gasteiger charge is -2.23. The molecule has 0 aromatic heterocycles. The van der Waals surface area contributed by atoms with Crippen molar-refractivity contribution in [2.24, 2.45) is 11.8 Å². The summed E-state index contributed by atoms with van der Waals surface area (Å²) in [4.78, 5) is 0. The third-order valence-electron chi connectivity index (χ3n) is 3.99. The molecular weight excluding hydrogens is 224 g/mol. The van der Waals surface area contributed by atoms with Crippen LogP contribution in [0.2, 0.25) is 0 Å². The minimum atomic E-state index is -3.01. The molecule has 2 rings (SSSR count). The van der Waals surface area contributed by atoms with Gasteiger partial charge in [-0.15, -0.1) is 0 Å². The van der Waals surface area contributed by atoms with Crippen molar-refractivity contribution in [1.82, 2.24) is 9.62 Å². The van der Waals surface area contributed by atoms with Gasteiger partial charge in [-0.3, -0.25) is 0 Å². The number of sulfonamides is 1. The van der Waals surface area contributed by atoms with Gasteiger partial charge in [0.2, 0.25) is 10.0 Å². The smallest absolute Gasteiger partial charge is 0.214 e. The van der Waals surface area contributed by atoms with E-state index in [1.165, 1.54) is 0 Å². The van der Waals surface area contributed by atoms with E-state index in [0.29, 0.717) is 17.6 Å². The van der Waals surface area contributed by atoms with Crippen LogP contribution in [0.4, 0.5) is 0 Å². The van der Waals surface area contributed by atoms with Crippen LogP contribution in [-0.2, 0) is 10.0 Å². The fourth-order valence-corrected chi connectivity index (χ4v) is 4.91. The third kappa shape index (κ3) is 2.13. The van der Waals surface area contributed by atoms with Crippen molar-refractivity contribution in [1.29, 1.82) is 0 Å². The van der Waals surface area contributed by atoms with Gasteiger partial charge in [-0.2, -0.15) is 4.31 Å². The van der Waals surface area contributed by atoms with Gasteiger partial charge in [0.15, 0.2) is 0 Å². The summed E-state index contributed by atoms with van der Waals surface area (Å²) < 4.78 is 26.0. The van der Waals surface area contributed by atoms with Crippen LogP contribution in [0.1, 0.15) is 26.7 Å². The molecule has 16 heavy (non-hydrogen) atoms. The highest BCUT2D eigenvalue weighted by atomic mass is 32.2. The maximum atomic E-state index is 12.1. The Morgan fingerprint density at radius 1 is 1.38 bits per heavy atom. The Kier molecular flexibility index (Phi) is 3.56. The van der Waals surface area contributed by atoms with Crippen LogP contribution in [-0.4, -0.2) is 44.2 Å². The largest absolute Gasteiger partial charge is 0.316 e. The van der Waals surface area contributed by atoms with Gasteiger partial charge >= 0.3 is 0 Å². The van der Waals surface area contributed by atoms with Gasteiger partial charge in [0, 0.05) is 12.6 Å². The predicted octanol–water partition coefficient (Wildman–Crippen LogP) is 0.656. The summed E-state index contributed by atoms with van der Waals surface area (Å²) in [6, 6.07) is 0.182. The second-order valence-electron chi connectivity index (χ2n) is 5.06. The normalized spacial score (nSPS) is 35.5. The van der Waals surface area contributed by atoms with Gasteiger partial charge < -0.3 is 5.32 Å². The average Bonchev–Trinajstić information content (AvgIpc) is 2.79. The van der Waals surface area contributed by atoms with Crippen LogP contribution in [0.15, 0.2) is 0 Å². The summed E-state index contributed by atoms with van der Waals surface area (Å²) in [6.45, 7) is 6.77. The van der Waals surface area contributed by atoms with Crippen molar-refractivity contribution < 1.29 is 8.42 Å². The Labute approximate surface area is 98.4 Å². The average molecular weight is 246 g/mol. The lowest BCUT2D eigenvalue weighted by atomic mass is 9.95. The zero-order valence-electron chi connectivity index (χ0n) is 10.1. The molecule has 0 radical (unpaired) electrons. The standard InChI is InChI=1S/C11H22N2O2S/c1-3-4-5-16(14,15)13-8-10-6-12-7-11(10)9(13)2/h9-12H,3-8H2,1-2H3. The Hall–Kier alpha value is -0.130. The van der Waals surface area contributed by atoms with Crippen LogP contribution in [0, 0.1) is 11.8 Å². The Balaban J connectivity index is 2.06. The highest BCUT2D eigenvalue weighted by Crippen LogP contribution is 2.34. The summed E-state index contributed by atoms with van der Waals surface area (Å²) in [5, 5.41) is 3.35. The van der Waals surface area contributed by atoms with Crippen LogP contribution in [0.5, 0.6) is 0 Å². The molecule has 0 saturated carbocycles. The predicted molar refractivity (Wildman–Crippen MR) is 64.7 cm³/mol.